The molecule has 0 radical (unpaired) electrons. The normalized spacial score (nSPS) is 25.5. The fraction of sp³-hybridized carbons (Fsp3) is 0.625. The molecule has 1 fully saturated rings. The lowest BCUT2D eigenvalue weighted by molar-refractivity contribution is 0.170. The first-order valence-electron chi connectivity index (χ1n) is 7.59. The minimum Gasteiger partial charge on any atom is -0.486 e. The van der Waals surface area contributed by atoms with E-state index in [1.54, 1.807) is 0 Å². The average Bonchev–Trinajstić information content (AvgIpc) is 2.48. The van der Waals surface area contributed by atoms with Gasteiger partial charge in [-0.25, -0.2) is 0 Å². The van der Waals surface area contributed by atoms with Crippen molar-refractivity contribution >= 4 is 15.9 Å². The minimum atomic E-state index is 0.628. The second-order valence-corrected chi connectivity index (χ2v) is 6.53. The molecule has 3 rings (SSSR count). The molecule has 1 saturated heterocycles. The zero-order valence-electron chi connectivity index (χ0n) is 12.0. The van der Waals surface area contributed by atoms with Gasteiger partial charge in [-0.15, -0.1) is 0 Å². The Bertz CT molecular complexity index is 476. The molecule has 1 aromatic carbocycles. The highest BCUT2D eigenvalue weighted by Crippen LogP contribution is 2.43. The molecule has 0 aliphatic carbocycles. The lowest BCUT2D eigenvalue weighted by atomic mass is 9.79. The predicted molar refractivity (Wildman–Crippen MR) is 83.8 cm³/mol. The molecule has 110 valence electrons. The van der Waals surface area contributed by atoms with Crippen molar-refractivity contribution in [2.24, 2.45) is 5.92 Å². The van der Waals surface area contributed by atoms with Gasteiger partial charge in [-0.3, -0.25) is 0 Å². The van der Waals surface area contributed by atoms with Gasteiger partial charge in [-0.05, 0) is 71.4 Å². The summed E-state index contributed by atoms with van der Waals surface area (Å²) in [6, 6.07) is 4.42. The summed E-state index contributed by atoms with van der Waals surface area (Å²) in [5.41, 5.74) is 1.39. The summed E-state index contributed by atoms with van der Waals surface area (Å²) < 4.78 is 12.5. The van der Waals surface area contributed by atoms with Crippen LogP contribution in [0.4, 0.5) is 0 Å². The van der Waals surface area contributed by atoms with Crippen molar-refractivity contribution in [1.82, 2.24) is 5.32 Å². The van der Waals surface area contributed by atoms with Crippen molar-refractivity contribution < 1.29 is 9.47 Å². The summed E-state index contributed by atoms with van der Waals surface area (Å²) in [6.45, 7) is 5.79. The van der Waals surface area contributed by atoms with Crippen molar-refractivity contribution in [2.75, 3.05) is 26.3 Å². The van der Waals surface area contributed by atoms with Crippen LogP contribution in [-0.4, -0.2) is 26.3 Å². The van der Waals surface area contributed by atoms with Crippen LogP contribution in [0.3, 0.4) is 0 Å². The van der Waals surface area contributed by atoms with E-state index in [-0.39, 0.29) is 0 Å². The Morgan fingerprint density at radius 1 is 1.30 bits per heavy atom. The Morgan fingerprint density at radius 3 is 3.00 bits per heavy atom. The Hall–Kier alpha value is -0.740. The summed E-state index contributed by atoms with van der Waals surface area (Å²) in [7, 11) is 0. The maximum atomic E-state index is 5.76. The highest BCUT2D eigenvalue weighted by molar-refractivity contribution is 9.10. The van der Waals surface area contributed by atoms with Crippen LogP contribution in [0.15, 0.2) is 16.6 Å². The molecule has 0 amide bonds. The number of hydrogen-bond acceptors (Lipinski definition) is 3. The number of ether oxygens (including phenoxy) is 2. The lowest BCUT2D eigenvalue weighted by Gasteiger charge is -2.33. The maximum absolute atomic E-state index is 5.76. The summed E-state index contributed by atoms with van der Waals surface area (Å²) in [5.74, 6) is 3.11. The molecular weight excluding hydrogens is 318 g/mol. The molecule has 0 spiro atoms. The zero-order chi connectivity index (χ0) is 13.9. The Morgan fingerprint density at radius 2 is 2.15 bits per heavy atom. The van der Waals surface area contributed by atoms with E-state index in [0.717, 1.165) is 35.0 Å². The molecular formula is C16H22BrNO2. The third-order valence-electron chi connectivity index (χ3n) is 4.31. The monoisotopic (exact) mass is 339 g/mol. The maximum Gasteiger partial charge on any atom is 0.175 e. The van der Waals surface area contributed by atoms with Crippen molar-refractivity contribution in [3.63, 3.8) is 0 Å². The number of nitrogens with one attached hydrogen (secondary N) is 1. The fourth-order valence-electron chi connectivity index (χ4n) is 3.38. The van der Waals surface area contributed by atoms with E-state index >= 15 is 0 Å². The van der Waals surface area contributed by atoms with Crippen LogP contribution >= 0.6 is 15.9 Å². The van der Waals surface area contributed by atoms with E-state index in [2.05, 4.69) is 40.3 Å². The second-order valence-electron chi connectivity index (χ2n) is 5.67. The number of halogens is 1. The molecule has 20 heavy (non-hydrogen) atoms. The van der Waals surface area contributed by atoms with Crippen molar-refractivity contribution in [3.05, 3.63) is 22.2 Å². The number of fused-ring (bicyclic) bond motifs is 1. The van der Waals surface area contributed by atoms with Crippen LogP contribution in [0.2, 0.25) is 0 Å². The van der Waals surface area contributed by atoms with Crippen molar-refractivity contribution in [2.45, 2.75) is 32.1 Å². The molecule has 0 aromatic heterocycles. The van der Waals surface area contributed by atoms with Gasteiger partial charge in [-0.2, -0.15) is 0 Å². The quantitative estimate of drug-likeness (QED) is 0.910. The van der Waals surface area contributed by atoms with Gasteiger partial charge in [0.25, 0.3) is 0 Å². The van der Waals surface area contributed by atoms with E-state index in [1.807, 2.05) is 0 Å². The summed E-state index contributed by atoms with van der Waals surface area (Å²) in [5, 5.41) is 3.53. The van der Waals surface area contributed by atoms with Gasteiger partial charge >= 0.3 is 0 Å². The molecule has 4 heteroatoms. The zero-order valence-corrected chi connectivity index (χ0v) is 13.5. The van der Waals surface area contributed by atoms with Crippen LogP contribution in [0.5, 0.6) is 11.5 Å². The van der Waals surface area contributed by atoms with Crippen LogP contribution in [-0.2, 0) is 0 Å². The molecule has 0 saturated carbocycles. The standard InChI is InChI=1S/C16H22BrNO2/c1-2-3-11-10-18-5-4-13(11)12-8-14(17)16-15(9-12)19-6-7-20-16/h8-9,11,13,18H,2-7,10H2,1H3. The van der Waals surface area contributed by atoms with E-state index in [9.17, 15) is 0 Å². The SMILES string of the molecule is CCCC1CNCCC1c1cc(Br)c2c(c1)OCCO2. The number of rotatable bonds is 3. The third kappa shape index (κ3) is 2.82. The highest BCUT2D eigenvalue weighted by Gasteiger charge is 2.28. The largest absolute Gasteiger partial charge is 0.486 e. The molecule has 1 aromatic rings. The molecule has 2 unspecified atom stereocenters. The van der Waals surface area contributed by atoms with Crippen LogP contribution in [0.1, 0.15) is 37.7 Å². The third-order valence-corrected chi connectivity index (χ3v) is 4.90. The molecule has 1 N–H and O–H groups in total. The van der Waals surface area contributed by atoms with Gasteiger partial charge in [0.1, 0.15) is 13.2 Å². The first kappa shape index (κ1) is 14.2. The Kier molecular flexibility index (Phi) is 4.51. The van der Waals surface area contributed by atoms with Gasteiger partial charge in [0, 0.05) is 0 Å². The Balaban J connectivity index is 1.90. The smallest absolute Gasteiger partial charge is 0.175 e. The molecule has 2 aliphatic heterocycles. The Labute approximate surface area is 129 Å². The van der Waals surface area contributed by atoms with Crippen LogP contribution in [0.25, 0.3) is 0 Å². The number of hydrogen-bond donors (Lipinski definition) is 1. The predicted octanol–water partition coefficient (Wildman–Crippen LogP) is 3.71. The summed E-state index contributed by atoms with van der Waals surface area (Å²) in [4.78, 5) is 0. The molecule has 2 aliphatic rings. The average molecular weight is 340 g/mol. The molecule has 2 atom stereocenters. The minimum absolute atomic E-state index is 0.628. The van der Waals surface area contributed by atoms with Crippen LogP contribution < -0.4 is 14.8 Å². The van der Waals surface area contributed by atoms with Gasteiger partial charge in [0.2, 0.25) is 0 Å². The first-order valence-corrected chi connectivity index (χ1v) is 8.38. The molecule has 2 heterocycles. The van der Waals surface area contributed by atoms with Crippen molar-refractivity contribution in [1.29, 1.82) is 0 Å². The lowest BCUT2D eigenvalue weighted by Crippen LogP contribution is -2.35. The van der Waals surface area contributed by atoms with Gasteiger partial charge in [0.15, 0.2) is 11.5 Å². The van der Waals surface area contributed by atoms with Gasteiger partial charge < -0.3 is 14.8 Å². The van der Waals surface area contributed by atoms with Gasteiger partial charge in [-0.1, -0.05) is 13.3 Å². The van der Waals surface area contributed by atoms with Crippen molar-refractivity contribution in [3.8, 4) is 11.5 Å². The second kappa shape index (κ2) is 6.35. The summed E-state index contributed by atoms with van der Waals surface area (Å²) >= 11 is 3.64. The molecule has 3 nitrogen and oxygen atoms in total. The molecule has 0 bridgehead atoms. The number of benzene rings is 1. The number of piperidine rings is 1. The van der Waals surface area contributed by atoms with E-state index < -0.39 is 0 Å². The van der Waals surface area contributed by atoms with E-state index in [1.165, 1.54) is 24.8 Å². The van der Waals surface area contributed by atoms with E-state index in [0.29, 0.717) is 19.1 Å². The highest BCUT2D eigenvalue weighted by atomic mass is 79.9. The summed E-state index contributed by atoms with van der Waals surface area (Å²) in [6.07, 6.45) is 3.73. The topological polar surface area (TPSA) is 30.5 Å². The fourth-order valence-corrected chi connectivity index (χ4v) is 3.95. The van der Waals surface area contributed by atoms with E-state index in [4.69, 9.17) is 9.47 Å². The van der Waals surface area contributed by atoms with Gasteiger partial charge in [0.05, 0.1) is 4.47 Å². The van der Waals surface area contributed by atoms with Crippen LogP contribution in [0, 0.1) is 5.92 Å². The first-order chi connectivity index (χ1) is 9.79.